The molecule has 0 saturated carbocycles. The normalized spacial score (nSPS) is 10.3. The Hall–Kier alpha value is -1.97. The van der Waals surface area contributed by atoms with Crippen LogP contribution in [-0.2, 0) is 4.79 Å². The minimum absolute atomic E-state index is 0.0918. The van der Waals surface area contributed by atoms with E-state index in [4.69, 9.17) is 4.74 Å². The zero-order valence-corrected chi connectivity index (χ0v) is 8.65. The van der Waals surface area contributed by atoms with Crippen molar-refractivity contribution in [2.24, 2.45) is 0 Å². The lowest BCUT2D eigenvalue weighted by atomic mass is 10.2. The molecule has 0 fully saturated rings. The van der Waals surface area contributed by atoms with Crippen LogP contribution in [0.1, 0.15) is 12.5 Å². The number of hydrogen-bond acceptors (Lipinski definition) is 3. The van der Waals surface area contributed by atoms with Gasteiger partial charge in [-0.2, -0.15) is 0 Å². The van der Waals surface area contributed by atoms with Crippen molar-refractivity contribution in [3.05, 3.63) is 30.0 Å². The number of carbonyl (C=O) groups is 1. The molecule has 2 N–H and O–H groups in total. The standard InChI is InChI=1S/C11H13NO3/c1-8(13)12-6-5-9-3-4-10(14)11(7-9)15-2/h3-7,14H,1-2H3,(H,12,13)/b6-5+. The van der Waals surface area contributed by atoms with Gasteiger partial charge in [-0.05, 0) is 23.8 Å². The number of methoxy groups -OCH3 is 1. The van der Waals surface area contributed by atoms with Gasteiger partial charge in [0, 0.05) is 13.1 Å². The third kappa shape index (κ3) is 3.34. The van der Waals surface area contributed by atoms with Gasteiger partial charge in [0.05, 0.1) is 7.11 Å². The Morgan fingerprint density at radius 2 is 2.27 bits per heavy atom. The zero-order valence-electron chi connectivity index (χ0n) is 8.65. The highest BCUT2D eigenvalue weighted by molar-refractivity contribution is 5.75. The van der Waals surface area contributed by atoms with E-state index in [0.717, 1.165) is 5.56 Å². The lowest BCUT2D eigenvalue weighted by Gasteiger charge is -2.03. The molecule has 80 valence electrons. The van der Waals surface area contributed by atoms with Crippen molar-refractivity contribution in [3.63, 3.8) is 0 Å². The summed E-state index contributed by atoms with van der Waals surface area (Å²) in [5, 5.41) is 11.9. The van der Waals surface area contributed by atoms with Crippen LogP contribution >= 0.6 is 0 Å². The molecule has 0 aliphatic heterocycles. The molecule has 0 unspecified atom stereocenters. The van der Waals surface area contributed by atoms with Crippen molar-refractivity contribution in [1.82, 2.24) is 5.32 Å². The van der Waals surface area contributed by atoms with Gasteiger partial charge in [0.2, 0.25) is 5.91 Å². The summed E-state index contributed by atoms with van der Waals surface area (Å²) in [4.78, 5) is 10.6. The SMILES string of the molecule is COc1cc(/C=C/NC(C)=O)ccc1O. The average Bonchev–Trinajstić information content (AvgIpc) is 2.20. The van der Waals surface area contributed by atoms with Gasteiger partial charge in [0.25, 0.3) is 0 Å². The number of amides is 1. The van der Waals surface area contributed by atoms with Crippen LogP contribution in [0, 0.1) is 0 Å². The van der Waals surface area contributed by atoms with Crippen molar-refractivity contribution < 1.29 is 14.6 Å². The van der Waals surface area contributed by atoms with Gasteiger partial charge in [0.15, 0.2) is 11.5 Å². The van der Waals surface area contributed by atoms with Gasteiger partial charge in [-0.25, -0.2) is 0 Å². The van der Waals surface area contributed by atoms with Crippen LogP contribution in [0.15, 0.2) is 24.4 Å². The van der Waals surface area contributed by atoms with Crippen molar-refractivity contribution >= 4 is 12.0 Å². The molecule has 0 radical (unpaired) electrons. The molecular weight excluding hydrogens is 194 g/mol. The Bertz CT molecular complexity index is 385. The van der Waals surface area contributed by atoms with E-state index in [1.165, 1.54) is 26.3 Å². The summed E-state index contributed by atoms with van der Waals surface area (Å²) in [6.07, 6.45) is 3.25. The lowest BCUT2D eigenvalue weighted by molar-refractivity contribution is -0.118. The fourth-order valence-corrected chi connectivity index (χ4v) is 1.05. The third-order valence-electron chi connectivity index (χ3n) is 1.77. The average molecular weight is 207 g/mol. The van der Waals surface area contributed by atoms with Crippen LogP contribution in [-0.4, -0.2) is 18.1 Å². The summed E-state index contributed by atoms with van der Waals surface area (Å²) in [5.74, 6) is 0.367. The Labute approximate surface area is 88.2 Å². The maximum absolute atomic E-state index is 10.6. The smallest absolute Gasteiger partial charge is 0.220 e. The predicted molar refractivity (Wildman–Crippen MR) is 57.5 cm³/mol. The number of benzene rings is 1. The summed E-state index contributed by atoms with van der Waals surface area (Å²) < 4.78 is 4.94. The van der Waals surface area contributed by atoms with E-state index < -0.39 is 0 Å². The summed E-state index contributed by atoms with van der Waals surface area (Å²) in [6.45, 7) is 1.43. The number of rotatable bonds is 3. The summed E-state index contributed by atoms with van der Waals surface area (Å²) in [6, 6.07) is 4.93. The highest BCUT2D eigenvalue weighted by Crippen LogP contribution is 2.26. The van der Waals surface area contributed by atoms with Gasteiger partial charge >= 0.3 is 0 Å². The molecule has 0 aliphatic rings. The molecule has 0 atom stereocenters. The molecule has 0 spiro atoms. The zero-order chi connectivity index (χ0) is 11.3. The first kappa shape index (κ1) is 11.1. The maximum atomic E-state index is 10.6. The summed E-state index contributed by atoms with van der Waals surface area (Å²) in [7, 11) is 1.48. The van der Waals surface area contributed by atoms with Crippen LogP contribution in [0.4, 0.5) is 0 Å². The Kier molecular flexibility index (Phi) is 3.74. The van der Waals surface area contributed by atoms with Crippen molar-refractivity contribution in [1.29, 1.82) is 0 Å². The van der Waals surface area contributed by atoms with Crippen molar-refractivity contribution in [2.75, 3.05) is 7.11 Å². The van der Waals surface area contributed by atoms with E-state index >= 15 is 0 Å². The molecular formula is C11H13NO3. The van der Waals surface area contributed by atoms with Crippen LogP contribution in [0.2, 0.25) is 0 Å². The van der Waals surface area contributed by atoms with Crippen LogP contribution in [0.5, 0.6) is 11.5 Å². The highest BCUT2D eigenvalue weighted by atomic mass is 16.5. The van der Waals surface area contributed by atoms with Crippen LogP contribution in [0.25, 0.3) is 6.08 Å². The molecule has 0 heterocycles. The topological polar surface area (TPSA) is 58.6 Å². The molecule has 0 aromatic heterocycles. The minimum atomic E-state index is -0.128. The number of aromatic hydroxyl groups is 1. The summed E-state index contributed by atoms with van der Waals surface area (Å²) in [5.41, 5.74) is 0.832. The second kappa shape index (κ2) is 5.05. The van der Waals surface area contributed by atoms with E-state index in [1.807, 2.05) is 0 Å². The van der Waals surface area contributed by atoms with Gasteiger partial charge in [-0.3, -0.25) is 4.79 Å². The van der Waals surface area contributed by atoms with Gasteiger partial charge in [-0.1, -0.05) is 6.07 Å². The molecule has 0 saturated heterocycles. The molecule has 0 bridgehead atoms. The molecule has 1 rings (SSSR count). The lowest BCUT2D eigenvalue weighted by Crippen LogP contribution is -2.10. The summed E-state index contributed by atoms with van der Waals surface area (Å²) >= 11 is 0. The Morgan fingerprint density at radius 1 is 1.53 bits per heavy atom. The minimum Gasteiger partial charge on any atom is -0.504 e. The highest BCUT2D eigenvalue weighted by Gasteiger charge is 1.99. The Morgan fingerprint density at radius 3 is 2.87 bits per heavy atom. The monoisotopic (exact) mass is 207 g/mol. The first-order valence-corrected chi connectivity index (χ1v) is 4.44. The number of nitrogens with one attached hydrogen (secondary N) is 1. The van der Waals surface area contributed by atoms with Gasteiger partial charge in [0.1, 0.15) is 0 Å². The fraction of sp³-hybridized carbons (Fsp3) is 0.182. The second-order valence-corrected chi connectivity index (χ2v) is 2.97. The Balaban J connectivity index is 2.78. The van der Waals surface area contributed by atoms with E-state index in [9.17, 15) is 9.90 Å². The first-order chi connectivity index (χ1) is 7.13. The van der Waals surface area contributed by atoms with Crippen LogP contribution < -0.4 is 10.1 Å². The van der Waals surface area contributed by atoms with Crippen molar-refractivity contribution in [3.8, 4) is 11.5 Å². The molecule has 4 nitrogen and oxygen atoms in total. The van der Waals surface area contributed by atoms with Crippen LogP contribution in [0.3, 0.4) is 0 Å². The molecule has 15 heavy (non-hydrogen) atoms. The number of hydrogen-bond donors (Lipinski definition) is 2. The van der Waals surface area contributed by atoms with Crippen molar-refractivity contribution in [2.45, 2.75) is 6.92 Å². The number of carbonyl (C=O) groups excluding carboxylic acids is 1. The fourth-order valence-electron chi connectivity index (χ4n) is 1.05. The number of phenols is 1. The molecule has 4 heteroatoms. The quantitative estimate of drug-likeness (QED) is 0.789. The van der Waals surface area contributed by atoms with E-state index in [2.05, 4.69) is 5.32 Å². The maximum Gasteiger partial charge on any atom is 0.220 e. The number of ether oxygens (including phenoxy) is 1. The van der Waals surface area contributed by atoms with E-state index in [1.54, 1.807) is 18.2 Å². The first-order valence-electron chi connectivity index (χ1n) is 4.44. The second-order valence-electron chi connectivity index (χ2n) is 2.97. The van der Waals surface area contributed by atoms with E-state index in [-0.39, 0.29) is 11.7 Å². The molecule has 1 aromatic carbocycles. The molecule has 0 aliphatic carbocycles. The predicted octanol–water partition coefficient (Wildman–Crippen LogP) is 1.51. The third-order valence-corrected chi connectivity index (χ3v) is 1.77. The van der Waals surface area contributed by atoms with E-state index in [0.29, 0.717) is 5.75 Å². The van der Waals surface area contributed by atoms with Gasteiger partial charge < -0.3 is 15.2 Å². The molecule has 1 aromatic rings. The van der Waals surface area contributed by atoms with Gasteiger partial charge in [-0.15, -0.1) is 0 Å². The molecule has 1 amide bonds. The largest absolute Gasteiger partial charge is 0.504 e. The number of phenolic OH excluding ortho intramolecular Hbond substituents is 1.